The Morgan fingerprint density at radius 3 is 2.60 bits per heavy atom. The average Bonchev–Trinajstić information content (AvgIpc) is 2.23. The lowest BCUT2D eigenvalue weighted by Crippen LogP contribution is -2.37. The number of ether oxygens (including phenoxy) is 1. The molecule has 2 unspecified atom stereocenters. The van der Waals surface area contributed by atoms with E-state index in [9.17, 15) is 0 Å². The van der Waals surface area contributed by atoms with Crippen molar-refractivity contribution in [1.82, 2.24) is 5.32 Å². The molecule has 0 saturated heterocycles. The molecule has 0 fully saturated rings. The second kappa shape index (κ2) is 10.2. The zero-order valence-corrected chi connectivity index (χ0v) is 10.6. The van der Waals surface area contributed by atoms with E-state index in [2.05, 4.69) is 18.8 Å². The fourth-order valence-corrected chi connectivity index (χ4v) is 1.82. The van der Waals surface area contributed by atoms with Crippen LogP contribution in [0.1, 0.15) is 46.0 Å². The molecule has 0 bridgehead atoms. The number of nitrogens with one attached hydrogen (secondary N) is 1. The van der Waals surface area contributed by atoms with Crippen LogP contribution in [0, 0.1) is 0 Å². The zero-order chi connectivity index (χ0) is 11.5. The van der Waals surface area contributed by atoms with Crippen LogP contribution in [0.5, 0.6) is 0 Å². The van der Waals surface area contributed by atoms with E-state index in [1.807, 2.05) is 20.0 Å². The lowest BCUT2D eigenvalue weighted by molar-refractivity contribution is 0.0466. The highest BCUT2D eigenvalue weighted by molar-refractivity contribution is 4.72. The first kappa shape index (κ1) is 14.7. The molecule has 15 heavy (non-hydrogen) atoms. The second-order valence-corrected chi connectivity index (χ2v) is 3.98. The van der Waals surface area contributed by atoms with Crippen LogP contribution in [0.2, 0.25) is 0 Å². The topological polar surface area (TPSA) is 21.3 Å². The van der Waals surface area contributed by atoms with Gasteiger partial charge in [0.05, 0.1) is 6.10 Å². The molecule has 2 atom stereocenters. The lowest BCUT2D eigenvalue weighted by atomic mass is 10.0. The van der Waals surface area contributed by atoms with E-state index in [0.29, 0.717) is 12.1 Å². The van der Waals surface area contributed by atoms with Crippen LogP contribution in [0.4, 0.5) is 0 Å². The second-order valence-electron chi connectivity index (χ2n) is 3.98. The first-order valence-corrected chi connectivity index (χ1v) is 6.16. The van der Waals surface area contributed by atoms with Gasteiger partial charge in [-0.25, -0.2) is 0 Å². The van der Waals surface area contributed by atoms with Crippen molar-refractivity contribution in [3.63, 3.8) is 0 Å². The Morgan fingerprint density at radius 2 is 2.07 bits per heavy atom. The summed E-state index contributed by atoms with van der Waals surface area (Å²) in [6.45, 7) is 8.73. The van der Waals surface area contributed by atoms with Crippen LogP contribution in [-0.2, 0) is 4.74 Å². The largest absolute Gasteiger partial charge is 0.377 e. The number of allylic oxidation sites excluding steroid dienone is 1. The van der Waals surface area contributed by atoms with E-state index in [4.69, 9.17) is 4.74 Å². The Hall–Kier alpha value is -0.340. The SMILES string of the molecule is C=CCCCCCC(NC)C(C)OCC. The van der Waals surface area contributed by atoms with Crippen molar-refractivity contribution in [2.75, 3.05) is 13.7 Å². The number of hydrogen-bond donors (Lipinski definition) is 1. The van der Waals surface area contributed by atoms with Gasteiger partial charge >= 0.3 is 0 Å². The van der Waals surface area contributed by atoms with Crippen molar-refractivity contribution in [2.45, 2.75) is 58.1 Å². The number of rotatable bonds is 10. The molecule has 0 aromatic carbocycles. The van der Waals surface area contributed by atoms with Crippen molar-refractivity contribution in [2.24, 2.45) is 0 Å². The van der Waals surface area contributed by atoms with Gasteiger partial charge in [0, 0.05) is 12.6 Å². The maximum atomic E-state index is 5.59. The molecule has 0 radical (unpaired) electrons. The predicted molar refractivity (Wildman–Crippen MR) is 67.2 cm³/mol. The molecule has 0 saturated carbocycles. The van der Waals surface area contributed by atoms with E-state index < -0.39 is 0 Å². The van der Waals surface area contributed by atoms with Gasteiger partial charge < -0.3 is 10.1 Å². The minimum Gasteiger partial charge on any atom is -0.377 e. The smallest absolute Gasteiger partial charge is 0.0699 e. The molecule has 1 N–H and O–H groups in total. The lowest BCUT2D eigenvalue weighted by Gasteiger charge is -2.23. The van der Waals surface area contributed by atoms with Gasteiger partial charge in [0.2, 0.25) is 0 Å². The summed E-state index contributed by atoms with van der Waals surface area (Å²) in [6.07, 6.45) is 8.50. The summed E-state index contributed by atoms with van der Waals surface area (Å²) in [5.41, 5.74) is 0. The van der Waals surface area contributed by atoms with Crippen molar-refractivity contribution >= 4 is 0 Å². The van der Waals surface area contributed by atoms with Crippen LogP contribution in [0.3, 0.4) is 0 Å². The highest BCUT2D eigenvalue weighted by Crippen LogP contribution is 2.10. The van der Waals surface area contributed by atoms with Gasteiger partial charge in [0.15, 0.2) is 0 Å². The molecular weight excluding hydrogens is 186 g/mol. The van der Waals surface area contributed by atoms with E-state index in [-0.39, 0.29) is 0 Å². The number of hydrogen-bond acceptors (Lipinski definition) is 2. The Kier molecular flexibility index (Phi) is 9.96. The minimum atomic E-state index is 0.319. The molecule has 0 aliphatic heterocycles. The minimum absolute atomic E-state index is 0.319. The molecule has 2 heteroatoms. The standard InChI is InChI=1S/C13H27NO/c1-5-7-8-9-10-11-13(14-4)12(3)15-6-2/h5,12-14H,1,6-11H2,2-4H3. The molecule has 0 amide bonds. The van der Waals surface area contributed by atoms with Gasteiger partial charge in [-0.2, -0.15) is 0 Å². The predicted octanol–water partition coefficient (Wildman–Crippen LogP) is 3.14. The van der Waals surface area contributed by atoms with Crippen molar-refractivity contribution < 1.29 is 4.74 Å². The third-order valence-electron chi connectivity index (χ3n) is 2.79. The third kappa shape index (κ3) is 7.57. The highest BCUT2D eigenvalue weighted by atomic mass is 16.5. The van der Waals surface area contributed by atoms with E-state index in [1.165, 1.54) is 25.7 Å². The van der Waals surface area contributed by atoms with Crippen molar-refractivity contribution in [3.05, 3.63) is 12.7 Å². The number of unbranched alkanes of at least 4 members (excludes halogenated alkanes) is 3. The molecule has 0 spiro atoms. The summed E-state index contributed by atoms with van der Waals surface area (Å²) in [4.78, 5) is 0. The van der Waals surface area contributed by atoms with Crippen LogP contribution in [0.15, 0.2) is 12.7 Å². The maximum absolute atomic E-state index is 5.59. The summed E-state index contributed by atoms with van der Waals surface area (Å²) in [6, 6.07) is 0.494. The first-order valence-electron chi connectivity index (χ1n) is 6.16. The normalized spacial score (nSPS) is 14.9. The highest BCUT2D eigenvalue weighted by Gasteiger charge is 2.14. The summed E-state index contributed by atoms with van der Waals surface area (Å²) >= 11 is 0. The van der Waals surface area contributed by atoms with E-state index in [1.54, 1.807) is 0 Å². The van der Waals surface area contributed by atoms with Crippen molar-refractivity contribution in [1.29, 1.82) is 0 Å². The first-order chi connectivity index (χ1) is 7.26. The van der Waals surface area contributed by atoms with E-state index >= 15 is 0 Å². The number of likely N-dealkylation sites (N-methyl/N-ethyl adjacent to an activating group) is 1. The summed E-state index contributed by atoms with van der Waals surface area (Å²) in [5, 5.41) is 3.33. The van der Waals surface area contributed by atoms with Gasteiger partial charge in [-0.1, -0.05) is 18.9 Å². The van der Waals surface area contributed by atoms with E-state index in [0.717, 1.165) is 13.0 Å². The van der Waals surface area contributed by atoms with Crippen LogP contribution < -0.4 is 5.32 Å². The Bertz CT molecular complexity index is 147. The van der Waals surface area contributed by atoms with Gasteiger partial charge in [0.25, 0.3) is 0 Å². The molecular formula is C13H27NO. The molecule has 2 nitrogen and oxygen atoms in total. The van der Waals surface area contributed by atoms with Gasteiger partial charge in [-0.3, -0.25) is 0 Å². The molecule has 0 rings (SSSR count). The fraction of sp³-hybridized carbons (Fsp3) is 0.846. The summed E-state index contributed by atoms with van der Waals surface area (Å²) in [7, 11) is 2.02. The molecule has 90 valence electrons. The Balaban J connectivity index is 3.55. The van der Waals surface area contributed by atoms with Crippen LogP contribution >= 0.6 is 0 Å². The van der Waals surface area contributed by atoms with Crippen LogP contribution in [0.25, 0.3) is 0 Å². The summed E-state index contributed by atoms with van der Waals surface area (Å²) in [5.74, 6) is 0. The molecule has 0 aromatic rings. The molecule has 0 aliphatic carbocycles. The Labute approximate surface area is 95.1 Å². The quantitative estimate of drug-likeness (QED) is 0.444. The van der Waals surface area contributed by atoms with Gasteiger partial charge in [-0.05, 0) is 40.2 Å². The van der Waals surface area contributed by atoms with Crippen molar-refractivity contribution in [3.8, 4) is 0 Å². The summed E-state index contributed by atoms with van der Waals surface area (Å²) < 4.78 is 5.59. The third-order valence-corrected chi connectivity index (χ3v) is 2.79. The Morgan fingerprint density at radius 1 is 1.33 bits per heavy atom. The fourth-order valence-electron chi connectivity index (χ4n) is 1.82. The van der Waals surface area contributed by atoms with Gasteiger partial charge in [-0.15, -0.1) is 6.58 Å². The van der Waals surface area contributed by atoms with Gasteiger partial charge in [0.1, 0.15) is 0 Å². The molecule has 0 aliphatic rings. The maximum Gasteiger partial charge on any atom is 0.0699 e. The molecule has 0 heterocycles. The zero-order valence-electron chi connectivity index (χ0n) is 10.6. The monoisotopic (exact) mass is 213 g/mol. The average molecular weight is 213 g/mol. The molecule has 0 aromatic heterocycles. The van der Waals surface area contributed by atoms with Crippen LogP contribution in [-0.4, -0.2) is 25.8 Å².